The molecular weight excluding hydrogens is 499 g/mol. The van der Waals surface area contributed by atoms with Crippen LogP contribution < -0.4 is 26.2 Å². The number of aryl methyl sites for hydroxylation is 2. The van der Waals surface area contributed by atoms with Gasteiger partial charge in [0.25, 0.3) is 6.71 Å². The summed E-state index contributed by atoms with van der Waals surface area (Å²) >= 11 is 0. The van der Waals surface area contributed by atoms with Gasteiger partial charge < -0.3 is 9.80 Å². The zero-order valence-corrected chi connectivity index (χ0v) is 22.2. The Morgan fingerprint density at radius 3 is 1.82 bits per heavy atom. The average Bonchev–Trinajstić information content (AvgIpc) is 3.25. The molecule has 0 bridgehead atoms. The topological polar surface area (TPSA) is 6.48 Å². The lowest BCUT2D eigenvalue weighted by Gasteiger charge is -2.49. The van der Waals surface area contributed by atoms with Gasteiger partial charge in [-0.25, -0.2) is 17.6 Å². The molecule has 4 unspecified atom stereocenters. The quantitative estimate of drug-likeness (QED) is 0.185. The molecule has 0 saturated heterocycles. The predicted molar refractivity (Wildman–Crippen MR) is 148 cm³/mol. The average molecular weight is 528 g/mol. The van der Waals surface area contributed by atoms with Crippen molar-refractivity contribution in [1.82, 2.24) is 0 Å². The number of halogens is 4. The summed E-state index contributed by atoms with van der Waals surface area (Å²) in [6.07, 6.45) is 2.94. The first-order valence-corrected chi connectivity index (χ1v) is 14.4. The van der Waals surface area contributed by atoms with Crippen molar-refractivity contribution in [3.05, 3.63) is 64.7 Å². The minimum absolute atomic E-state index is 0.0924. The lowest BCUT2D eigenvalue weighted by atomic mass is 9.33. The number of rotatable bonds is 0. The zero-order valence-electron chi connectivity index (χ0n) is 22.2. The van der Waals surface area contributed by atoms with Gasteiger partial charge in [-0.2, -0.15) is 0 Å². The van der Waals surface area contributed by atoms with Crippen LogP contribution in [0.5, 0.6) is 0 Å². The van der Waals surface area contributed by atoms with Gasteiger partial charge in [0.1, 0.15) is 0 Å². The van der Waals surface area contributed by atoms with Gasteiger partial charge >= 0.3 is 0 Å². The van der Waals surface area contributed by atoms with Gasteiger partial charge in [0.2, 0.25) is 11.6 Å². The third-order valence-electron chi connectivity index (χ3n) is 10.8. The van der Waals surface area contributed by atoms with Crippen LogP contribution in [0.4, 0.5) is 40.3 Å². The van der Waals surface area contributed by atoms with Crippen molar-refractivity contribution in [1.29, 1.82) is 0 Å². The first kappa shape index (κ1) is 22.8. The summed E-state index contributed by atoms with van der Waals surface area (Å²) in [6, 6.07) is 13.3. The monoisotopic (exact) mass is 528 g/mol. The highest BCUT2D eigenvalue weighted by Gasteiger charge is 2.71. The van der Waals surface area contributed by atoms with Crippen LogP contribution in [-0.4, -0.2) is 18.3 Å². The summed E-state index contributed by atoms with van der Waals surface area (Å²) in [6.45, 7) is 3.49. The van der Waals surface area contributed by atoms with Crippen LogP contribution in [-0.2, 0) is 11.3 Å². The molecule has 2 saturated carbocycles. The summed E-state index contributed by atoms with van der Waals surface area (Å²) in [4.78, 5) is 3.24. The van der Waals surface area contributed by atoms with E-state index in [1.807, 2.05) is 50.2 Å². The van der Waals surface area contributed by atoms with Crippen LogP contribution in [0.3, 0.4) is 0 Å². The van der Waals surface area contributed by atoms with E-state index < -0.39 is 22.9 Å². The molecule has 0 aromatic heterocycles. The minimum atomic E-state index is -2.22. The normalized spacial score (nSPS) is 34.4. The Morgan fingerprint density at radius 2 is 1.18 bits per heavy atom. The fraction of sp³-hybridized carbons (Fsp3) is 0.438. The Balaban J connectivity index is 1.44. The molecule has 39 heavy (non-hydrogen) atoms. The Morgan fingerprint density at radius 1 is 0.641 bits per heavy atom. The molecule has 6 aliphatic rings. The second-order valence-corrected chi connectivity index (χ2v) is 12.8. The molecule has 9 rings (SSSR count). The lowest BCUT2D eigenvalue weighted by molar-refractivity contribution is -0.0619. The molecule has 2 nitrogen and oxygen atoms in total. The van der Waals surface area contributed by atoms with E-state index in [2.05, 4.69) is 0 Å². The molecule has 198 valence electrons. The number of para-hydroxylation sites is 1. The van der Waals surface area contributed by atoms with Gasteiger partial charge in [0.05, 0.1) is 0 Å². The SMILES string of the molecule is Cc1cc2c3c(c1)N1c4c(cc(C)cc4C4(F)CCCCC14F)B3c1cccc3c1N2C1(F)CCCCC31F. The van der Waals surface area contributed by atoms with E-state index in [1.54, 1.807) is 15.9 Å². The third kappa shape index (κ3) is 2.23. The Kier molecular flexibility index (Phi) is 3.90. The van der Waals surface area contributed by atoms with Crippen LogP contribution >= 0.6 is 0 Å². The number of hydrogen-bond acceptors (Lipinski definition) is 2. The molecule has 4 aliphatic heterocycles. The molecule has 0 amide bonds. The van der Waals surface area contributed by atoms with Gasteiger partial charge in [-0.3, -0.25) is 0 Å². The Hall–Kier alpha value is -2.96. The molecule has 2 fully saturated rings. The van der Waals surface area contributed by atoms with E-state index in [0.717, 1.165) is 27.5 Å². The number of nitrogens with zero attached hydrogens (tertiary/aromatic N) is 2. The highest BCUT2D eigenvalue weighted by Crippen LogP contribution is 2.66. The van der Waals surface area contributed by atoms with E-state index in [-0.39, 0.29) is 32.4 Å². The molecule has 4 atom stereocenters. The van der Waals surface area contributed by atoms with Gasteiger partial charge in [-0.15, -0.1) is 0 Å². The molecule has 3 aromatic carbocycles. The zero-order chi connectivity index (χ0) is 26.7. The summed E-state index contributed by atoms with van der Waals surface area (Å²) in [5.41, 5.74) is 3.19. The third-order valence-corrected chi connectivity index (χ3v) is 10.8. The van der Waals surface area contributed by atoms with Crippen LogP contribution in [0.2, 0.25) is 0 Å². The fourth-order valence-electron chi connectivity index (χ4n) is 9.32. The van der Waals surface area contributed by atoms with Crippen molar-refractivity contribution in [3.63, 3.8) is 0 Å². The van der Waals surface area contributed by atoms with Crippen molar-refractivity contribution in [2.24, 2.45) is 0 Å². The Bertz CT molecular complexity index is 1640. The van der Waals surface area contributed by atoms with Crippen LogP contribution in [0.1, 0.15) is 73.6 Å². The summed E-state index contributed by atoms with van der Waals surface area (Å²) in [5, 5.41) is 0. The highest BCUT2D eigenvalue weighted by molar-refractivity contribution is 7.00. The summed E-state index contributed by atoms with van der Waals surface area (Å²) in [5.74, 6) is -4.45. The van der Waals surface area contributed by atoms with Gasteiger partial charge in [-0.05, 0) is 86.5 Å². The largest absolute Gasteiger partial charge is 0.306 e. The van der Waals surface area contributed by atoms with E-state index in [4.69, 9.17) is 0 Å². The predicted octanol–water partition coefficient (Wildman–Crippen LogP) is 6.56. The van der Waals surface area contributed by atoms with Crippen molar-refractivity contribution in [2.45, 2.75) is 88.1 Å². The van der Waals surface area contributed by atoms with Gasteiger partial charge in [0.15, 0.2) is 11.3 Å². The number of anilines is 4. The van der Waals surface area contributed by atoms with Crippen molar-refractivity contribution in [2.75, 3.05) is 9.80 Å². The maximum absolute atomic E-state index is 17.4. The first-order valence-electron chi connectivity index (χ1n) is 14.4. The first-order chi connectivity index (χ1) is 18.6. The molecule has 2 aliphatic carbocycles. The molecule has 0 N–H and O–H groups in total. The molecule has 7 heteroatoms. The van der Waals surface area contributed by atoms with E-state index in [0.29, 0.717) is 59.6 Å². The maximum atomic E-state index is 17.4. The van der Waals surface area contributed by atoms with Crippen molar-refractivity contribution < 1.29 is 17.6 Å². The Labute approximate surface area is 226 Å². The van der Waals surface area contributed by atoms with E-state index in [9.17, 15) is 0 Å². The van der Waals surface area contributed by atoms with Crippen molar-refractivity contribution in [3.8, 4) is 0 Å². The minimum Gasteiger partial charge on any atom is -0.306 e. The van der Waals surface area contributed by atoms with Gasteiger partial charge in [-0.1, -0.05) is 35.9 Å². The van der Waals surface area contributed by atoms with Gasteiger partial charge in [0, 0.05) is 46.7 Å². The fourth-order valence-corrected chi connectivity index (χ4v) is 9.32. The summed E-state index contributed by atoms with van der Waals surface area (Å²) in [7, 11) is 0. The second kappa shape index (κ2) is 6.67. The maximum Gasteiger partial charge on any atom is 0.252 e. The van der Waals surface area contributed by atoms with Crippen LogP contribution in [0, 0.1) is 13.8 Å². The van der Waals surface area contributed by atoms with E-state index >= 15 is 17.6 Å². The number of hydrogen-bond donors (Lipinski definition) is 0. The summed E-state index contributed by atoms with van der Waals surface area (Å²) < 4.78 is 69.0. The van der Waals surface area contributed by atoms with Crippen LogP contribution in [0.25, 0.3) is 0 Å². The molecular formula is C32H29BF4N2. The molecule has 0 spiro atoms. The number of benzene rings is 3. The second-order valence-electron chi connectivity index (χ2n) is 12.8. The molecule has 0 radical (unpaired) electrons. The van der Waals surface area contributed by atoms with Crippen molar-refractivity contribution >= 4 is 45.9 Å². The lowest BCUT2D eigenvalue weighted by Crippen LogP contribution is -2.66. The van der Waals surface area contributed by atoms with E-state index in [1.165, 1.54) is 0 Å². The number of alkyl halides is 4. The molecule has 4 heterocycles. The van der Waals surface area contributed by atoms with Crippen LogP contribution in [0.15, 0.2) is 42.5 Å². The standard InChI is InChI=1S/C32H29BF4N2/c1-18-14-21-28-23(15-18)33-22-9-7-8-20-27(22)38(31(36)12-5-3-10-29(20,31)34)24-16-19(2)17-25(26(24)33)39(28)32(37)13-6-4-11-30(21,32)35/h7-9,14-17H,3-6,10-13H2,1-2H3. The number of fused-ring (bicyclic) bond motifs is 10. The smallest absolute Gasteiger partial charge is 0.252 e. The highest BCUT2D eigenvalue weighted by atomic mass is 19.2. The molecule has 3 aromatic rings.